The Balaban J connectivity index is 2.28. The standard InChI is InChI=1S/C14H27N3O2/c1-3-11(2)17-12(18)6-9-16-13(19)14(10-15)7-4-5-8-14/h11H,3-10,15H2,1-2H3,(H,16,19)(H,17,18). The number of nitrogens with one attached hydrogen (secondary N) is 2. The minimum Gasteiger partial charge on any atom is -0.355 e. The summed E-state index contributed by atoms with van der Waals surface area (Å²) in [5, 5.41) is 5.74. The van der Waals surface area contributed by atoms with Gasteiger partial charge in [-0.15, -0.1) is 0 Å². The summed E-state index contributed by atoms with van der Waals surface area (Å²) < 4.78 is 0. The fraction of sp³-hybridized carbons (Fsp3) is 0.857. The second-order valence-electron chi connectivity index (χ2n) is 5.57. The number of nitrogens with two attached hydrogens (primary N) is 1. The minimum atomic E-state index is -0.382. The Kier molecular flexibility index (Phi) is 6.28. The van der Waals surface area contributed by atoms with Gasteiger partial charge in [-0.3, -0.25) is 9.59 Å². The van der Waals surface area contributed by atoms with Gasteiger partial charge in [-0.1, -0.05) is 19.8 Å². The van der Waals surface area contributed by atoms with Crippen LogP contribution in [0.1, 0.15) is 52.4 Å². The summed E-state index contributed by atoms with van der Waals surface area (Å²) in [6.45, 7) is 4.79. The molecule has 0 saturated heterocycles. The SMILES string of the molecule is CCC(C)NC(=O)CCNC(=O)C1(CN)CCCC1. The van der Waals surface area contributed by atoms with Crippen molar-refractivity contribution in [2.75, 3.05) is 13.1 Å². The lowest BCUT2D eigenvalue weighted by Crippen LogP contribution is -2.45. The van der Waals surface area contributed by atoms with Gasteiger partial charge in [-0.25, -0.2) is 0 Å². The van der Waals surface area contributed by atoms with Crippen LogP contribution in [-0.4, -0.2) is 30.9 Å². The molecule has 1 fully saturated rings. The highest BCUT2D eigenvalue weighted by Gasteiger charge is 2.39. The van der Waals surface area contributed by atoms with Crippen molar-refractivity contribution in [2.24, 2.45) is 11.1 Å². The van der Waals surface area contributed by atoms with Crippen LogP contribution in [0.3, 0.4) is 0 Å². The first kappa shape index (κ1) is 16.0. The lowest BCUT2D eigenvalue weighted by molar-refractivity contribution is -0.130. The van der Waals surface area contributed by atoms with Crippen molar-refractivity contribution in [3.8, 4) is 0 Å². The Morgan fingerprint density at radius 3 is 2.47 bits per heavy atom. The molecule has 5 nitrogen and oxygen atoms in total. The fourth-order valence-corrected chi connectivity index (χ4v) is 2.50. The van der Waals surface area contributed by atoms with E-state index in [4.69, 9.17) is 5.73 Å². The lowest BCUT2D eigenvalue weighted by Gasteiger charge is -2.25. The molecule has 1 saturated carbocycles. The molecule has 0 aliphatic heterocycles. The summed E-state index contributed by atoms with van der Waals surface area (Å²) in [7, 11) is 0. The number of carbonyl (C=O) groups excluding carboxylic acids is 2. The van der Waals surface area contributed by atoms with E-state index in [9.17, 15) is 9.59 Å². The van der Waals surface area contributed by atoms with Crippen LogP contribution in [0.15, 0.2) is 0 Å². The van der Waals surface area contributed by atoms with Crippen LogP contribution in [0.4, 0.5) is 0 Å². The Morgan fingerprint density at radius 2 is 1.95 bits per heavy atom. The van der Waals surface area contributed by atoms with Gasteiger partial charge in [0.1, 0.15) is 0 Å². The first-order chi connectivity index (χ1) is 9.04. The molecule has 1 aliphatic carbocycles. The molecule has 110 valence electrons. The summed E-state index contributed by atoms with van der Waals surface area (Å²) in [6.07, 6.45) is 5.12. The van der Waals surface area contributed by atoms with Crippen molar-refractivity contribution < 1.29 is 9.59 Å². The molecule has 4 N–H and O–H groups in total. The van der Waals surface area contributed by atoms with Gasteiger partial charge >= 0.3 is 0 Å². The summed E-state index contributed by atoms with van der Waals surface area (Å²) in [5.41, 5.74) is 5.36. The van der Waals surface area contributed by atoms with Gasteiger partial charge in [-0.05, 0) is 26.2 Å². The van der Waals surface area contributed by atoms with E-state index in [2.05, 4.69) is 10.6 Å². The average Bonchev–Trinajstić information content (AvgIpc) is 2.88. The second-order valence-corrected chi connectivity index (χ2v) is 5.57. The molecule has 0 aromatic carbocycles. The zero-order valence-corrected chi connectivity index (χ0v) is 12.1. The number of hydrogen-bond acceptors (Lipinski definition) is 3. The van der Waals surface area contributed by atoms with Crippen LogP contribution >= 0.6 is 0 Å². The monoisotopic (exact) mass is 269 g/mol. The van der Waals surface area contributed by atoms with Gasteiger partial charge in [-0.2, -0.15) is 0 Å². The molecule has 0 radical (unpaired) electrons. The van der Waals surface area contributed by atoms with Gasteiger partial charge in [0.25, 0.3) is 0 Å². The maximum absolute atomic E-state index is 12.1. The van der Waals surface area contributed by atoms with Crippen LogP contribution in [0, 0.1) is 5.41 Å². The Bertz CT molecular complexity index is 312. The molecule has 19 heavy (non-hydrogen) atoms. The molecule has 5 heteroatoms. The molecule has 1 rings (SSSR count). The van der Waals surface area contributed by atoms with E-state index in [1.165, 1.54) is 0 Å². The summed E-state index contributed by atoms with van der Waals surface area (Å²) >= 11 is 0. The van der Waals surface area contributed by atoms with Gasteiger partial charge < -0.3 is 16.4 Å². The summed E-state index contributed by atoms with van der Waals surface area (Å²) in [6, 6.07) is 0.188. The first-order valence-corrected chi connectivity index (χ1v) is 7.32. The van der Waals surface area contributed by atoms with E-state index in [1.54, 1.807) is 0 Å². The molecule has 0 heterocycles. The summed E-state index contributed by atoms with van der Waals surface area (Å²) in [5.74, 6) is 0.00621. The molecule has 2 amide bonds. The quantitative estimate of drug-likeness (QED) is 0.643. The van der Waals surface area contributed by atoms with Crippen LogP contribution in [0.5, 0.6) is 0 Å². The molecule has 1 atom stereocenters. The highest BCUT2D eigenvalue weighted by molar-refractivity contribution is 5.84. The predicted molar refractivity (Wildman–Crippen MR) is 75.5 cm³/mol. The van der Waals surface area contributed by atoms with Gasteiger partial charge in [0.2, 0.25) is 11.8 Å². The highest BCUT2D eigenvalue weighted by Crippen LogP contribution is 2.37. The van der Waals surface area contributed by atoms with E-state index in [-0.39, 0.29) is 23.3 Å². The van der Waals surface area contributed by atoms with Gasteiger partial charge in [0.05, 0.1) is 5.41 Å². The number of rotatable bonds is 7. The Hall–Kier alpha value is -1.10. The third kappa shape index (κ3) is 4.49. The zero-order valence-electron chi connectivity index (χ0n) is 12.1. The van der Waals surface area contributed by atoms with E-state index >= 15 is 0 Å². The van der Waals surface area contributed by atoms with Crippen LogP contribution in [0.2, 0.25) is 0 Å². The smallest absolute Gasteiger partial charge is 0.227 e. The summed E-state index contributed by atoms with van der Waals surface area (Å²) in [4.78, 5) is 23.7. The van der Waals surface area contributed by atoms with Crippen molar-refractivity contribution >= 4 is 11.8 Å². The topological polar surface area (TPSA) is 84.2 Å². The lowest BCUT2D eigenvalue weighted by atomic mass is 9.85. The fourth-order valence-electron chi connectivity index (χ4n) is 2.50. The highest BCUT2D eigenvalue weighted by atomic mass is 16.2. The Labute approximate surface area is 115 Å². The third-order valence-electron chi connectivity index (χ3n) is 4.09. The number of carbonyl (C=O) groups is 2. The van der Waals surface area contributed by atoms with Crippen molar-refractivity contribution in [3.05, 3.63) is 0 Å². The second kappa shape index (κ2) is 7.48. The van der Waals surface area contributed by atoms with E-state index in [0.717, 1.165) is 32.1 Å². The van der Waals surface area contributed by atoms with E-state index < -0.39 is 0 Å². The van der Waals surface area contributed by atoms with Crippen LogP contribution < -0.4 is 16.4 Å². The third-order valence-corrected chi connectivity index (χ3v) is 4.09. The minimum absolute atomic E-state index is 0.0112. The molecular formula is C14H27N3O2. The molecule has 1 unspecified atom stereocenters. The maximum Gasteiger partial charge on any atom is 0.227 e. The normalized spacial score (nSPS) is 18.9. The molecule has 0 spiro atoms. The Morgan fingerprint density at radius 1 is 1.32 bits per heavy atom. The van der Waals surface area contributed by atoms with Crippen molar-refractivity contribution in [3.63, 3.8) is 0 Å². The van der Waals surface area contributed by atoms with E-state index in [1.807, 2.05) is 13.8 Å². The van der Waals surface area contributed by atoms with Crippen molar-refractivity contribution in [2.45, 2.75) is 58.4 Å². The van der Waals surface area contributed by atoms with Crippen LogP contribution in [-0.2, 0) is 9.59 Å². The van der Waals surface area contributed by atoms with E-state index in [0.29, 0.717) is 19.5 Å². The number of hydrogen-bond donors (Lipinski definition) is 3. The van der Waals surface area contributed by atoms with Crippen molar-refractivity contribution in [1.29, 1.82) is 0 Å². The van der Waals surface area contributed by atoms with Crippen LogP contribution in [0.25, 0.3) is 0 Å². The molecular weight excluding hydrogens is 242 g/mol. The number of amides is 2. The van der Waals surface area contributed by atoms with Gasteiger partial charge in [0.15, 0.2) is 0 Å². The molecule has 0 aromatic rings. The first-order valence-electron chi connectivity index (χ1n) is 7.32. The van der Waals surface area contributed by atoms with Gasteiger partial charge in [0, 0.05) is 25.6 Å². The molecule has 0 bridgehead atoms. The largest absolute Gasteiger partial charge is 0.355 e. The molecule has 1 aliphatic rings. The average molecular weight is 269 g/mol. The maximum atomic E-state index is 12.1. The zero-order chi connectivity index (χ0) is 14.3. The molecule has 0 aromatic heterocycles. The predicted octanol–water partition coefficient (Wildman–Crippen LogP) is 0.927. The van der Waals surface area contributed by atoms with Crippen molar-refractivity contribution in [1.82, 2.24) is 10.6 Å².